The van der Waals surface area contributed by atoms with E-state index in [2.05, 4.69) is 4.98 Å². The Morgan fingerprint density at radius 1 is 1.19 bits per heavy atom. The van der Waals surface area contributed by atoms with E-state index in [0.29, 0.717) is 12.4 Å². The fourth-order valence-corrected chi connectivity index (χ4v) is 1.91. The van der Waals surface area contributed by atoms with Crippen molar-refractivity contribution in [2.24, 2.45) is 0 Å². The maximum Gasteiger partial charge on any atom is 0.497 e. The Morgan fingerprint density at radius 2 is 1.71 bits per heavy atom. The normalized spacial score (nSPS) is 20.6. The van der Waals surface area contributed by atoms with Gasteiger partial charge in [-0.15, -0.1) is 0 Å². The van der Waals surface area contributed by atoms with E-state index in [9.17, 15) is 18.0 Å². The predicted molar refractivity (Wildman–Crippen MR) is 70.3 cm³/mol. The monoisotopic (exact) mass is 301 g/mol. The first kappa shape index (κ1) is 16.0. The molecule has 0 N–H and O–H groups in total. The van der Waals surface area contributed by atoms with E-state index in [1.54, 1.807) is 0 Å². The number of aromatic nitrogens is 1. The van der Waals surface area contributed by atoms with Crippen LogP contribution < -0.4 is 5.46 Å². The zero-order valence-corrected chi connectivity index (χ0v) is 12.1. The van der Waals surface area contributed by atoms with Gasteiger partial charge in [-0.05, 0) is 33.8 Å². The number of pyridine rings is 1. The molecule has 1 saturated heterocycles. The van der Waals surface area contributed by atoms with E-state index in [-0.39, 0.29) is 11.0 Å². The molecule has 1 aliphatic rings. The van der Waals surface area contributed by atoms with Crippen LogP contribution in [0, 0.1) is 0 Å². The molecule has 2 heterocycles. The molecule has 1 fully saturated rings. The Bertz CT molecular complexity index is 556. The maximum atomic E-state index is 12.6. The average Bonchev–Trinajstić information content (AvgIpc) is 2.56. The number of nitrogens with zero attached hydrogens (tertiary/aromatic N) is 1. The number of halogens is 3. The van der Waals surface area contributed by atoms with Gasteiger partial charge in [0.1, 0.15) is 12.0 Å². The van der Waals surface area contributed by atoms with Crippen molar-refractivity contribution in [3.63, 3.8) is 0 Å². The number of carbonyl (C=O) groups excluding carboxylic acids is 1. The largest absolute Gasteiger partial charge is 0.497 e. The molecule has 1 aromatic rings. The van der Waals surface area contributed by atoms with Crippen LogP contribution in [0.3, 0.4) is 0 Å². The molecule has 4 nitrogen and oxygen atoms in total. The Hall–Kier alpha value is -1.41. The number of rotatable bonds is 2. The molecule has 8 heteroatoms. The summed E-state index contributed by atoms with van der Waals surface area (Å²) in [6.07, 6.45) is -3.28. The number of aldehydes is 1. The lowest BCUT2D eigenvalue weighted by atomic mass is 9.77. The minimum Gasteiger partial charge on any atom is -0.399 e. The van der Waals surface area contributed by atoms with E-state index in [0.717, 1.165) is 6.20 Å². The first-order valence-corrected chi connectivity index (χ1v) is 6.36. The van der Waals surface area contributed by atoms with E-state index < -0.39 is 30.2 Å². The van der Waals surface area contributed by atoms with Gasteiger partial charge < -0.3 is 9.31 Å². The highest BCUT2D eigenvalue weighted by Gasteiger charge is 2.52. The molecule has 0 amide bonds. The summed E-state index contributed by atoms with van der Waals surface area (Å²) in [6, 6.07) is 0.702. The lowest BCUT2D eigenvalue weighted by molar-refractivity contribution is -0.141. The van der Waals surface area contributed by atoms with Crippen molar-refractivity contribution < 1.29 is 27.3 Å². The van der Waals surface area contributed by atoms with E-state index >= 15 is 0 Å². The summed E-state index contributed by atoms with van der Waals surface area (Å²) in [4.78, 5) is 14.4. The van der Waals surface area contributed by atoms with Crippen LogP contribution in [-0.2, 0) is 15.5 Å². The van der Waals surface area contributed by atoms with Crippen LogP contribution in [0.25, 0.3) is 0 Å². The summed E-state index contributed by atoms with van der Waals surface area (Å²) >= 11 is 0. The molecule has 0 spiro atoms. The molecule has 0 atom stereocenters. The molecule has 114 valence electrons. The second-order valence-electron chi connectivity index (χ2n) is 5.90. The van der Waals surface area contributed by atoms with Gasteiger partial charge in [-0.2, -0.15) is 13.2 Å². The third-order valence-corrected chi connectivity index (χ3v) is 3.89. The predicted octanol–water partition coefficient (Wildman–Crippen LogP) is 2.21. The maximum absolute atomic E-state index is 12.6. The van der Waals surface area contributed by atoms with Gasteiger partial charge in [0.25, 0.3) is 0 Å². The second-order valence-corrected chi connectivity index (χ2v) is 5.90. The Balaban J connectivity index is 2.40. The van der Waals surface area contributed by atoms with Gasteiger partial charge in [0.15, 0.2) is 0 Å². The van der Waals surface area contributed by atoms with Crippen molar-refractivity contribution in [1.29, 1.82) is 0 Å². The van der Waals surface area contributed by atoms with Gasteiger partial charge >= 0.3 is 13.3 Å². The van der Waals surface area contributed by atoms with Crippen LogP contribution in [0.4, 0.5) is 13.2 Å². The molecule has 21 heavy (non-hydrogen) atoms. The highest BCUT2D eigenvalue weighted by molar-refractivity contribution is 6.63. The Labute approximate surface area is 120 Å². The molecule has 0 unspecified atom stereocenters. The molecule has 0 saturated carbocycles. The summed E-state index contributed by atoms with van der Waals surface area (Å²) in [5.41, 5.74) is -2.38. The van der Waals surface area contributed by atoms with Crippen LogP contribution in [0.2, 0.25) is 0 Å². The topological polar surface area (TPSA) is 48.4 Å². The summed E-state index contributed by atoms with van der Waals surface area (Å²) in [5, 5.41) is 0. The number of alkyl halides is 3. The van der Waals surface area contributed by atoms with Crippen LogP contribution >= 0.6 is 0 Å². The Kier molecular flexibility index (Phi) is 3.66. The van der Waals surface area contributed by atoms with Crippen LogP contribution in [0.1, 0.15) is 43.7 Å². The third kappa shape index (κ3) is 2.82. The molecule has 1 aliphatic heterocycles. The van der Waals surface area contributed by atoms with Crippen molar-refractivity contribution in [3.8, 4) is 0 Å². The SMILES string of the molecule is CC1(C)OB(c2cnc(C(F)(F)F)cc2C=O)OC1(C)C. The van der Waals surface area contributed by atoms with Crippen LogP contribution in [0.15, 0.2) is 12.3 Å². The molecule has 1 aromatic heterocycles. The lowest BCUT2D eigenvalue weighted by Crippen LogP contribution is -2.41. The van der Waals surface area contributed by atoms with Gasteiger partial charge in [0.05, 0.1) is 11.2 Å². The molecule has 0 radical (unpaired) electrons. The molecule has 2 rings (SSSR count). The standard InChI is InChI=1S/C13H15BF3NO3/c1-11(2)12(3,4)21-14(20-11)9-6-18-10(13(15,16)17)5-8(9)7-19/h5-7H,1-4H3. The first-order chi connectivity index (χ1) is 9.48. The van der Waals surface area contributed by atoms with Crippen molar-refractivity contribution in [2.75, 3.05) is 0 Å². The van der Waals surface area contributed by atoms with Crippen molar-refractivity contribution in [2.45, 2.75) is 45.1 Å². The molecule has 0 aromatic carbocycles. The van der Waals surface area contributed by atoms with Gasteiger partial charge in [-0.3, -0.25) is 9.78 Å². The van der Waals surface area contributed by atoms with Gasteiger partial charge in [-0.1, -0.05) is 0 Å². The fourth-order valence-electron chi connectivity index (χ4n) is 1.91. The van der Waals surface area contributed by atoms with E-state index in [4.69, 9.17) is 9.31 Å². The van der Waals surface area contributed by atoms with Gasteiger partial charge in [-0.25, -0.2) is 0 Å². The summed E-state index contributed by atoms with van der Waals surface area (Å²) < 4.78 is 49.3. The number of hydrogen-bond acceptors (Lipinski definition) is 4. The van der Waals surface area contributed by atoms with Gasteiger partial charge in [0, 0.05) is 17.2 Å². The number of hydrogen-bond donors (Lipinski definition) is 0. The van der Waals surface area contributed by atoms with Crippen molar-refractivity contribution in [3.05, 3.63) is 23.5 Å². The number of carbonyl (C=O) groups is 1. The molecular formula is C13H15BF3NO3. The van der Waals surface area contributed by atoms with Crippen LogP contribution in [0.5, 0.6) is 0 Å². The highest BCUT2D eigenvalue weighted by atomic mass is 19.4. The fraction of sp³-hybridized carbons (Fsp3) is 0.538. The van der Waals surface area contributed by atoms with E-state index in [1.165, 1.54) is 0 Å². The smallest absolute Gasteiger partial charge is 0.399 e. The van der Waals surface area contributed by atoms with Crippen LogP contribution in [-0.4, -0.2) is 29.6 Å². The van der Waals surface area contributed by atoms with E-state index in [1.807, 2.05) is 27.7 Å². The summed E-state index contributed by atoms with van der Waals surface area (Å²) in [7, 11) is -0.926. The summed E-state index contributed by atoms with van der Waals surface area (Å²) in [6.45, 7) is 7.24. The highest BCUT2D eigenvalue weighted by Crippen LogP contribution is 2.36. The van der Waals surface area contributed by atoms with Crippen molar-refractivity contribution >= 4 is 18.9 Å². The minimum atomic E-state index is -4.60. The van der Waals surface area contributed by atoms with Crippen molar-refractivity contribution in [1.82, 2.24) is 4.98 Å². The second kappa shape index (κ2) is 4.81. The zero-order chi connectivity index (χ0) is 16.1. The molecular weight excluding hydrogens is 286 g/mol. The van der Waals surface area contributed by atoms with Gasteiger partial charge in [0.2, 0.25) is 0 Å². The minimum absolute atomic E-state index is 0.143. The lowest BCUT2D eigenvalue weighted by Gasteiger charge is -2.32. The quantitative estimate of drug-likeness (QED) is 0.621. The Morgan fingerprint density at radius 3 is 2.14 bits per heavy atom. The first-order valence-electron chi connectivity index (χ1n) is 6.36. The molecule has 0 bridgehead atoms. The third-order valence-electron chi connectivity index (χ3n) is 3.89. The average molecular weight is 301 g/mol. The summed E-state index contributed by atoms with van der Waals surface area (Å²) in [5.74, 6) is 0. The zero-order valence-electron chi connectivity index (χ0n) is 12.1. The molecule has 0 aliphatic carbocycles.